The van der Waals surface area contributed by atoms with E-state index in [0.29, 0.717) is 5.69 Å². The standard InChI is InChI=1S/C13H18F3NS/c1-8(2)10-6-5-7-11(9(3)4)12(10)17-18-13(14,15)16/h5-9,17H,1-4H3. The highest BCUT2D eigenvalue weighted by molar-refractivity contribution is 8.01. The summed E-state index contributed by atoms with van der Waals surface area (Å²) in [5.74, 6) is 0.361. The second-order valence-corrected chi connectivity index (χ2v) is 5.64. The summed E-state index contributed by atoms with van der Waals surface area (Å²) in [7, 11) is 0. The number of alkyl halides is 3. The van der Waals surface area contributed by atoms with Crippen LogP contribution in [0.25, 0.3) is 0 Å². The molecule has 0 heterocycles. The Balaban J connectivity index is 3.11. The lowest BCUT2D eigenvalue weighted by Crippen LogP contribution is -2.08. The Labute approximate surface area is 110 Å². The Kier molecular flexibility index (Phi) is 4.96. The SMILES string of the molecule is CC(C)c1cccc(C(C)C)c1NSC(F)(F)F. The zero-order valence-electron chi connectivity index (χ0n) is 10.9. The summed E-state index contributed by atoms with van der Waals surface area (Å²) in [5, 5.41) is 0. The monoisotopic (exact) mass is 277 g/mol. The van der Waals surface area contributed by atoms with Gasteiger partial charge in [0.2, 0.25) is 0 Å². The maximum absolute atomic E-state index is 12.3. The van der Waals surface area contributed by atoms with Crippen molar-refractivity contribution >= 4 is 17.6 Å². The van der Waals surface area contributed by atoms with Crippen molar-refractivity contribution in [3.05, 3.63) is 29.3 Å². The molecule has 0 bridgehead atoms. The number of para-hydroxylation sites is 1. The summed E-state index contributed by atoms with van der Waals surface area (Å²) in [6.07, 6.45) is 0. The van der Waals surface area contributed by atoms with E-state index in [4.69, 9.17) is 0 Å². The number of hydrogen-bond acceptors (Lipinski definition) is 2. The van der Waals surface area contributed by atoms with E-state index in [1.165, 1.54) is 0 Å². The highest BCUT2D eigenvalue weighted by atomic mass is 32.2. The molecule has 0 spiro atoms. The Hall–Kier alpha value is -0.840. The Morgan fingerprint density at radius 2 is 1.44 bits per heavy atom. The summed E-state index contributed by atoms with van der Waals surface area (Å²) in [4.78, 5) is 0. The fourth-order valence-electron chi connectivity index (χ4n) is 1.78. The molecule has 1 aromatic carbocycles. The van der Waals surface area contributed by atoms with Crippen LogP contribution >= 0.6 is 11.9 Å². The van der Waals surface area contributed by atoms with Gasteiger partial charge in [-0.2, -0.15) is 13.2 Å². The molecule has 0 atom stereocenters. The van der Waals surface area contributed by atoms with Gasteiger partial charge < -0.3 is 4.72 Å². The number of nitrogens with one attached hydrogen (secondary N) is 1. The lowest BCUT2D eigenvalue weighted by Gasteiger charge is -2.20. The predicted octanol–water partition coefficient (Wildman–Crippen LogP) is 5.51. The number of anilines is 1. The molecule has 5 heteroatoms. The van der Waals surface area contributed by atoms with Crippen LogP contribution in [0.5, 0.6) is 0 Å². The lowest BCUT2D eigenvalue weighted by atomic mass is 9.93. The fourth-order valence-corrected chi connectivity index (χ4v) is 2.23. The van der Waals surface area contributed by atoms with Crippen LogP contribution < -0.4 is 4.72 Å². The van der Waals surface area contributed by atoms with E-state index in [-0.39, 0.29) is 23.8 Å². The van der Waals surface area contributed by atoms with E-state index < -0.39 is 5.51 Å². The van der Waals surface area contributed by atoms with Gasteiger partial charge in [-0.3, -0.25) is 0 Å². The van der Waals surface area contributed by atoms with Gasteiger partial charge >= 0.3 is 5.51 Å². The molecule has 0 fully saturated rings. The molecular weight excluding hydrogens is 259 g/mol. The smallest absolute Gasteiger partial charge is 0.322 e. The largest absolute Gasteiger partial charge is 0.461 e. The minimum Gasteiger partial charge on any atom is -0.322 e. The van der Waals surface area contributed by atoms with Crippen molar-refractivity contribution < 1.29 is 13.2 Å². The first-order valence-corrected chi connectivity index (χ1v) is 6.67. The topological polar surface area (TPSA) is 12.0 Å². The quantitative estimate of drug-likeness (QED) is 0.728. The lowest BCUT2D eigenvalue weighted by molar-refractivity contribution is -0.0323. The predicted molar refractivity (Wildman–Crippen MR) is 71.9 cm³/mol. The summed E-state index contributed by atoms with van der Waals surface area (Å²) < 4.78 is 39.4. The van der Waals surface area contributed by atoms with Crippen molar-refractivity contribution in [2.75, 3.05) is 4.72 Å². The number of hydrogen-bond donors (Lipinski definition) is 1. The Morgan fingerprint density at radius 3 is 1.78 bits per heavy atom. The van der Waals surface area contributed by atoms with E-state index in [1.54, 1.807) is 0 Å². The molecule has 0 unspecified atom stereocenters. The van der Waals surface area contributed by atoms with E-state index in [9.17, 15) is 13.2 Å². The van der Waals surface area contributed by atoms with Crippen LogP contribution in [0.1, 0.15) is 50.7 Å². The zero-order valence-corrected chi connectivity index (χ0v) is 11.7. The Bertz CT molecular complexity index is 373. The maximum atomic E-state index is 12.3. The maximum Gasteiger partial charge on any atom is 0.461 e. The van der Waals surface area contributed by atoms with Gasteiger partial charge in [-0.05, 0) is 23.0 Å². The highest BCUT2D eigenvalue weighted by Crippen LogP contribution is 2.38. The molecule has 0 saturated carbocycles. The second kappa shape index (κ2) is 5.87. The van der Waals surface area contributed by atoms with Crippen LogP contribution in [-0.4, -0.2) is 5.51 Å². The summed E-state index contributed by atoms with van der Waals surface area (Å²) in [5.41, 5.74) is -1.85. The second-order valence-electron chi connectivity index (χ2n) is 4.77. The van der Waals surface area contributed by atoms with Crippen LogP contribution in [0.15, 0.2) is 18.2 Å². The minimum absolute atomic E-state index is 0.181. The molecule has 0 aliphatic carbocycles. The normalized spacial score (nSPS) is 12.3. The molecule has 0 amide bonds. The van der Waals surface area contributed by atoms with Crippen LogP contribution in [0.2, 0.25) is 0 Å². The van der Waals surface area contributed by atoms with Crippen molar-refractivity contribution in [2.45, 2.75) is 45.0 Å². The van der Waals surface area contributed by atoms with Crippen molar-refractivity contribution in [3.8, 4) is 0 Å². The van der Waals surface area contributed by atoms with Gasteiger partial charge in [0.1, 0.15) is 0 Å². The van der Waals surface area contributed by atoms with Crippen molar-refractivity contribution in [1.82, 2.24) is 0 Å². The van der Waals surface area contributed by atoms with Crippen molar-refractivity contribution in [1.29, 1.82) is 0 Å². The van der Waals surface area contributed by atoms with Gasteiger partial charge in [0.25, 0.3) is 0 Å². The molecule has 1 rings (SSSR count). The number of halogens is 3. The van der Waals surface area contributed by atoms with Gasteiger partial charge in [0, 0.05) is 0 Å². The molecule has 0 aliphatic rings. The summed E-state index contributed by atoms with van der Waals surface area (Å²) >= 11 is -0.200. The van der Waals surface area contributed by atoms with Gasteiger partial charge in [-0.25, -0.2) is 0 Å². The minimum atomic E-state index is -4.28. The summed E-state index contributed by atoms with van der Waals surface area (Å²) in [6.45, 7) is 7.90. The third-order valence-corrected chi connectivity index (χ3v) is 3.18. The molecule has 0 aromatic heterocycles. The van der Waals surface area contributed by atoms with Gasteiger partial charge in [-0.1, -0.05) is 45.9 Å². The molecule has 1 aromatic rings. The van der Waals surface area contributed by atoms with Crippen LogP contribution in [0, 0.1) is 0 Å². The average Bonchev–Trinajstić information content (AvgIpc) is 2.24. The third kappa shape index (κ3) is 4.12. The van der Waals surface area contributed by atoms with Crippen LogP contribution in [0.3, 0.4) is 0 Å². The van der Waals surface area contributed by atoms with Crippen molar-refractivity contribution in [2.24, 2.45) is 0 Å². The van der Waals surface area contributed by atoms with Gasteiger partial charge in [0.15, 0.2) is 0 Å². The first-order valence-electron chi connectivity index (χ1n) is 5.86. The van der Waals surface area contributed by atoms with E-state index in [2.05, 4.69) is 4.72 Å². The van der Waals surface area contributed by atoms with E-state index in [0.717, 1.165) is 11.1 Å². The summed E-state index contributed by atoms with van der Waals surface area (Å²) in [6, 6.07) is 5.64. The van der Waals surface area contributed by atoms with Crippen molar-refractivity contribution in [3.63, 3.8) is 0 Å². The van der Waals surface area contributed by atoms with E-state index >= 15 is 0 Å². The van der Waals surface area contributed by atoms with E-state index in [1.807, 2.05) is 45.9 Å². The third-order valence-electron chi connectivity index (χ3n) is 2.64. The zero-order chi connectivity index (χ0) is 13.9. The average molecular weight is 277 g/mol. The molecule has 102 valence electrons. The highest BCUT2D eigenvalue weighted by Gasteiger charge is 2.30. The number of rotatable bonds is 4. The molecule has 1 nitrogen and oxygen atoms in total. The Morgan fingerprint density at radius 1 is 1.00 bits per heavy atom. The molecular formula is C13H18F3NS. The fraction of sp³-hybridized carbons (Fsp3) is 0.538. The van der Waals surface area contributed by atoms with Crippen LogP contribution in [0.4, 0.5) is 18.9 Å². The van der Waals surface area contributed by atoms with Gasteiger partial charge in [0.05, 0.1) is 17.6 Å². The van der Waals surface area contributed by atoms with Crippen LogP contribution in [-0.2, 0) is 0 Å². The molecule has 0 saturated heterocycles. The first kappa shape index (κ1) is 15.2. The molecule has 1 N–H and O–H groups in total. The van der Waals surface area contributed by atoms with Gasteiger partial charge in [-0.15, -0.1) is 0 Å². The first-order chi connectivity index (χ1) is 8.22. The number of benzene rings is 1. The molecule has 0 aliphatic heterocycles. The molecule has 0 radical (unpaired) electrons. The molecule has 18 heavy (non-hydrogen) atoms.